The van der Waals surface area contributed by atoms with Gasteiger partial charge in [0.1, 0.15) is 0 Å². The van der Waals surface area contributed by atoms with Crippen LogP contribution in [0, 0.1) is 0 Å². The van der Waals surface area contributed by atoms with E-state index in [-0.39, 0.29) is 35.7 Å². The molecule has 0 spiro atoms. The van der Waals surface area contributed by atoms with Crippen molar-refractivity contribution >= 4 is 10.1 Å². The maximum atomic E-state index is 11.2. The predicted octanol–water partition coefficient (Wildman–Crippen LogP) is 0.596. The number of hydrogen-bond acceptors (Lipinski definition) is 4. The summed E-state index contributed by atoms with van der Waals surface area (Å²) in [5, 5.41) is 8.41. The number of rotatable bonds is 13. The summed E-state index contributed by atoms with van der Waals surface area (Å²) in [4.78, 5) is 0. The van der Waals surface area contributed by atoms with Crippen LogP contribution in [0.2, 0.25) is 0 Å². The van der Waals surface area contributed by atoms with Gasteiger partial charge in [0.25, 0.3) is 0 Å². The maximum absolute atomic E-state index is 11.2. The Morgan fingerprint density at radius 2 is 1.33 bits per heavy atom. The topological polar surface area (TPSA) is 77.4 Å². The monoisotopic (exact) mass is 330 g/mol. The number of aliphatic hydroxyl groups excluding tert-OH is 1. The Labute approximate surface area is 153 Å². The van der Waals surface area contributed by atoms with Crippen molar-refractivity contribution in [1.82, 2.24) is 0 Å². The molecule has 0 radical (unpaired) electrons. The minimum atomic E-state index is -4.18. The van der Waals surface area contributed by atoms with Gasteiger partial charge in [-0.1, -0.05) is 58.3 Å². The van der Waals surface area contributed by atoms with Crippen molar-refractivity contribution in [1.29, 1.82) is 0 Å². The van der Waals surface area contributed by atoms with Gasteiger partial charge in [0.05, 0.1) is 16.2 Å². The molecule has 0 aliphatic rings. The Hall–Kier alpha value is 0.870. The van der Waals surface area contributed by atoms with E-state index in [0.717, 1.165) is 25.7 Å². The zero-order valence-corrected chi connectivity index (χ0v) is 16.8. The third kappa shape index (κ3) is 15.5. The molecule has 0 bridgehead atoms. The first-order valence-electron chi connectivity index (χ1n) is 8.00. The Kier molecular flexibility index (Phi) is 16.6. The first-order chi connectivity index (χ1) is 9.38. The fourth-order valence-corrected chi connectivity index (χ4v) is 3.31. The Morgan fingerprint density at radius 3 is 1.81 bits per heavy atom. The normalized spacial score (nSPS) is 14.5. The summed E-state index contributed by atoms with van der Waals surface area (Å²) in [5.41, 5.74) is 0. The van der Waals surface area contributed by atoms with Crippen LogP contribution < -0.4 is 29.6 Å². The van der Waals surface area contributed by atoms with Gasteiger partial charge in [-0.05, 0) is 26.2 Å². The van der Waals surface area contributed by atoms with E-state index < -0.39 is 15.4 Å². The molecule has 122 valence electrons. The summed E-state index contributed by atoms with van der Waals surface area (Å²) in [6, 6.07) is 0. The van der Waals surface area contributed by atoms with Crippen LogP contribution in [0.25, 0.3) is 0 Å². The molecule has 0 aromatic rings. The summed E-state index contributed by atoms with van der Waals surface area (Å²) < 4.78 is 33.7. The molecule has 0 rings (SSSR count). The van der Waals surface area contributed by atoms with Crippen LogP contribution in [0.4, 0.5) is 0 Å². The molecule has 0 amide bonds. The van der Waals surface area contributed by atoms with Gasteiger partial charge in [-0.15, -0.1) is 0 Å². The second-order valence-electron chi connectivity index (χ2n) is 5.80. The standard InChI is InChI=1S/C15H32O4S.Na/c1-3-4-5-6-7-8-12-15(20(17,18)19)13-10-9-11-14(2)16;/h14-16H,3-13H2,1-2H3,(H,17,18,19);/q;+1/p-1. The fraction of sp³-hybridized carbons (Fsp3) is 1.00. The Morgan fingerprint density at radius 1 is 0.905 bits per heavy atom. The van der Waals surface area contributed by atoms with Gasteiger partial charge in [-0.3, -0.25) is 0 Å². The second kappa shape index (κ2) is 14.5. The summed E-state index contributed by atoms with van der Waals surface area (Å²) in [6.45, 7) is 3.88. The van der Waals surface area contributed by atoms with Gasteiger partial charge in [-0.25, -0.2) is 8.42 Å². The van der Waals surface area contributed by atoms with Gasteiger partial charge in [0.2, 0.25) is 0 Å². The Bertz CT molecular complexity index is 318. The van der Waals surface area contributed by atoms with Gasteiger partial charge >= 0.3 is 29.6 Å². The molecule has 4 nitrogen and oxygen atoms in total. The van der Waals surface area contributed by atoms with E-state index in [9.17, 15) is 13.0 Å². The van der Waals surface area contributed by atoms with Crippen LogP contribution in [0.5, 0.6) is 0 Å². The van der Waals surface area contributed by atoms with Gasteiger partial charge in [-0.2, -0.15) is 0 Å². The third-order valence-corrected chi connectivity index (χ3v) is 4.97. The van der Waals surface area contributed by atoms with Crippen LogP contribution in [-0.2, 0) is 10.1 Å². The van der Waals surface area contributed by atoms with Crippen LogP contribution >= 0.6 is 0 Å². The van der Waals surface area contributed by atoms with Crippen LogP contribution in [-0.4, -0.2) is 29.4 Å². The molecule has 0 fully saturated rings. The largest absolute Gasteiger partial charge is 1.00 e. The fourth-order valence-electron chi connectivity index (χ4n) is 2.40. The molecule has 21 heavy (non-hydrogen) atoms. The molecule has 0 aromatic carbocycles. The third-order valence-electron chi connectivity index (χ3n) is 3.69. The summed E-state index contributed by atoms with van der Waals surface area (Å²) in [6.07, 6.45) is 9.31. The van der Waals surface area contributed by atoms with Gasteiger partial charge in [0.15, 0.2) is 0 Å². The minimum Gasteiger partial charge on any atom is -0.748 e. The molecule has 6 heteroatoms. The van der Waals surface area contributed by atoms with Crippen molar-refractivity contribution in [2.75, 3.05) is 0 Å². The van der Waals surface area contributed by atoms with E-state index in [2.05, 4.69) is 6.92 Å². The van der Waals surface area contributed by atoms with Gasteiger partial charge < -0.3 is 9.66 Å². The SMILES string of the molecule is CCCCCCCCC(CCCCC(C)O)S(=O)(=O)[O-].[Na+]. The zero-order chi connectivity index (χ0) is 15.4. The maximum Gasteiger partial charge on any atom is 1.00 e. The number of unbranched alkanes of at least 4 members (excludes halogenated alkanes) is 6. The molecular weight excluding hydrogens is 299 g/mol. The number of hydrogen-bond donors (Lipinski definition) is 1. The average Bonchev–Trinajstić information content (AvgIpc) is 2.34. The first kappa shape index (κ1) is 24.1. The molecule has 1 N–H and O–H groups in total. The van der Waals surface area contributed by atoms with Gasteiger partial charge in [0, 0.05) is 5.25 Å². The van der Waals surface area contributed by atoms with E-state index in [1.54, 1.807) is 6.92 Å². The Balaban J connectivity index is 0. The molecule has 0 saturated carbocycles. The molecule has 0 aliphatic heterocycles. The second-order valence-corrected chi connectivity index (χ2v) is 7.46. The van der Waals surface area contributed by atoms with E-state index in [1.165, 1.54) is 19.3 Å². The summed E-state index contributed by atoms with van der Waals surface area (Å²) >= 11 is 0. The first-order valence-corrected chi connectivity index (χ1v) is 9.47. The van der Waals surface area contributed by atoms with Crippen LogP contribution in [0.1, 0.15) is 84.5 Å². The van der Waals surface area contributed by atoms with Crippen LogP contribution in [0.3, 0.4) is 0 Å². The van der Waals surface area contributed by atoms with Crippen LogP contribution in [0.15, 0.2) is 0 Å². The number of aliphatic hydroxyl groups is 1. The molecular formula is C15H31NaO4S. The molecule has 0 aliphatic carbocycles. The molecule has 2 atom stereocenters. The quantitative estimate of drug-likeness (QED) is 0.305. The molecule has 0 heterocycles. The van der Waals surface area contributed by atoms with E-state index in [4.69, 9.17) is 5.11 Å². The van der Waals surface area contributed by atoms with Crippen molar-refractivity contribution < 1.29 is 47.6 Å². The van der Waals surface area contributed by atoms with E-state index in [0.29, 0.717) is 25.7 Å². The molecule has 2 unspecified atom stereocenters. The average molecular weight is 330 g/mol. The van der Waals surface area contributed by atoms with Crippen molar-refractivity contribution in [3.8, 4) is 0 Å². The molecule has 0 saturated heterocycles. The van der Waals surface area contributed by atoms with Crippen molar-refractivity contribution in [3.63, 3.8) is 0 Å². The van der Waals surface area contributed by atoms with E-state index >= 15 is 0 Å². The summed E-state index contributed by atoms with van der Waals surface area (Å²) in [7, 11) is -4.18. The van der Waals surface area contributed by atoms with Crippen molar-refractivity contribution in [2.24, 2.45) is 0 Å². The summed E-state index contributed by atoms with van der Waals surface area (Å²) in [5.74, 6) is 0. The zero-order valence-electron chi connectivity index (χ0n) is 14.0. The van der Waals surface area contributed by atoms with Crippen molar-refractivity contribution in [3.05, 3.63) is 0 Å². The molecule has 0 aromatic heterocycles. The minimum absolute atomic E-state index is 0. The predicted molar refractivity (Wildman–Crippen MR) is 81.6 cm³/mol. The smallest absolute Gasteiger partial charge is 0.748 e. The van der Waals surface area contributed by atoms with Crippen molar-refractivity contribution in [2.45, 2.75) is 95.8 Å². The van der Waals surface area contributed by atoms with E-state index in [1.807, 2.05) is 0 Å².